The Balaban J connectivity index is 1.97. The van der Waals surface area contributed by atoms with Crippen LogP contribution in [0.3, 0.4) is 0 Å². The van der Waals surface area contributed by atoms with Gasteiger partial charge in [0.15, 0.2) is 0 Å². The molecule has 2 aromatic carbocycles. The van der Waals surface area contributed by atoms with E-state index in [0.717, 1.165) is 73.2 Å². The Bertz CT molecular complexity index is 695. The maximum Gasteiger partial charge on any atom is 0.119 e. The molecule has 0 aliphatic carbocycles. The van der Waals surface area contributed by atoms with Crippen molar-refractivity contribution in [3.63, 3.8) is 0 Å². The second kappa shape index (κ2) is 12.0. The smallest absolute Gasteiger partial charge is 0.119 e. The minimum Gasteiger partial charge on any atom is -0.494 e. The van der Waals surface area contributed by atoms with Crippen molar-refractivity contribution in [1.82, 2.24) is 0 Å². The van der Waals surface area contributed by atoms with Crippen LogP contribution in [0.4, 0.5) is 11.4 Å². The van der Waals surface area contributed by atoms with Crippen molar-refractivity contribution in [3.8, 4) is 11.5 Å². The quantitative estimate of drug-likeness (QED) is 0.313. The Morgan fingerprint density at radius 3 is 1.32 bits per heavy atom. The Morgan fingerprint density at radius 1 is 0.643 bits per heavy atom. The van der Waals surface area contributed by atoms with Crippen molar-refractivity contribution in [2.75, 3.05) is 13.2 Å². The average molecular weight is 381 g/mol. The van der Waals surface area contributed by atoms with Gasteiger partial charge in [0.2, 0.25) is 0 Å². The van der Waals surface area contributed by atoms with Gasteiger partial charge in [-0.05, 0) is 75.2 Å². The third-order valence-corrected chi connectivity index (χ3v) is 4.32. The number of benzene rings is 2. The van der Waals surface area contributed by atoms with Crippen LogP contribution in [0, 0.1) is 0 Å². The number of aliphatic imine (C=N–C) groups is 2. The van der Waals surface area contributed by atoms with Gasteiger partial charge < -0.3 is 9.47 Å². The molecule has 0 bridgehead atoms. The molecule has 0 aromatic heterocycles. The van der Waals surface area contributed by atoms with Gasteiger partial charge in [-0.2, -0.15) is 0 Å². The third kappa shape index (κ3) is 7.55. The first kappa shape index (κ1) is 21.7. The highest BCUT2D eigenvalue weighted by Gasteiger charge is 2.01. The number of hydrogen-bond acceptors (Lipinski definition) is 4. The first-order valence-corrected chi connectivity index (χ1v) is 10.2. The van der Waals surface area contributed by atoms with Crippen LogP contribution in [-0.2, 0) is 0 Å². The molecule has 0 saturated carbocycles. The number of unbranched alkanes of at least 4 members (excludes halogenated alkanes) is 2. The number of ether oxygens (including phenoxy) is 2. The van der Waals surface area contributed by atoms with Crippen LogP contribution < -0.4 is 9.47 Å². The van der Waals surface area contributed by atoms with E-state index < -0.39 is 0 Å². The van der Waals surface area contributed by atoms with Gasteiger partial charge in [0.25, 0.3) is 0 Å². The van der Waals surface area contributed by atoms with Crippen LogP contribution in [0.2, 0.25) is 0 Å². The fraction of sp³-hybridized carbons (Fsp3) is 0.417. The molecule has 150 valence electrons. The zero-order valence-corrected chi connectivity index (χ0v) is 17.6. The molecular formula is C24H32N2O2. The first-order chi connectivity index (χ1) is 13.6. The summed E-state index contributed by atoms with van der Waals surface area (Å²) in [5.74, 6) is 1.77. The van der Waals surface area contributed by atoms with E-state index in [1.54, 1.807) is 0 Å². The van der Waals surface area contributed by atoms with Crippen molar-refractivity contribution < 1.29 is 9.47 Å². The zero-order chi connectivity index (χ0) is 20.2. The summed E-state index contributed by atoms with van der Waals surface area (Å²) in [5.41, 5.74) is 3.58. The van der Waals surface area contributed by atoms with Gasteiger partial charge in [-0.3, -0.25) is 9.98 Å². The van der Waals surface area contributed by atoms with E-state index in [2.05, 4.69) is 23.8 Å². The van der Waals surface area contributed by atoms with Crippen LogP contribution in [0.1, 0.15) is 53.4 Å². The van der Waals surface area contributed by atoms with Crippen molar-refractivity contribution in [2.45, 2.75) is 53.4 Å². The van der Waals surface area contributed by atoms with Crippen LogP contribution >= 0.6 is 0 Å². The Kier molecular flexibility index (Phi) is 9.26. The molecule has 28 heavy (non-hydrogen) atoms. The van der Waals surface area contributed by atoms with Crippen LogP contribution in [0.15, 0.2) is 58.5 Å². The summed E-state index contributed by atoms with van der Waals surface area (Å²) in [6.45, 7) is 9.78. The molecule has 0 spiro atoms. The zero-order valence-electron chi connectivity index (χ0n) is 17.6. The average Bonchev–Trinajstić information content (AvgIpc) is 2.71. The van der Waals surface area contributed by atoms with Crippen molar-refractivity contribution >= 4 is 22.8 Å². The normalized spacial score (nSPS) is 12.1. The Hall–Kier alpha value is -2.62. The number of rotatable bonds is 11. The second-order valence-electron chi connectivity index (χ2n) is 6.79. The highest BCUT2D eigenvalue weighted by atomic mass is 16.5. The molecule has 2 rings (SSSR count). The molecule has 0 unspecified atom stereocenters. The van der Waals surface area contributed by atoms with Gasteiger partial charge in [0, 0.05) is 0 Å². The molecule has 4 nitrogen and oxygen atoms in total. The first-order valence-electron chi connectivity index (χ1n) is 10.2. The summed E-state index contributed by atoms with van der Waals surface area (Å²) in [7, 11) is 0. The molecule has 4 heteroatoms. The lowest BCUT2D eigenvalue weighted by Crippen LogP contribution is -2.04. The predicted molar refractivity (Wildman–Crippen MR) is 119 cm³/mol. The molecule has 0 atom stereocenters. The van der Waals surface area contributed by atoms with E-state index in [1.165, 1.54) is 0 Å². The van der Waals surface area contributed by atoms with Gasteiger partial charge in [-0.25, -0.2) is 0 Å². The van der Waals surface area contributed by atoms with Gasteiger partial charge in [0.05, 0.1) is 36.0 Å². The molecule has 0 fully saturated rings. The fourth-order valence-electron chi connectivity index (χ4n) is 2.45. The van der Waals surface area contributed by atoms with E-state index >= 15 is 0 Å². The van der Waals surface area contributed by atoms with Crippen molar-refractivity contribution in [1.29, 1.82) is 0 Å². The van der Waals surface area contributed by atoms with Gasteiger partial charge in [0.1, 0.15) is 11.5 Å². The maximum atomic E-state index is 5.69. The lowest BCUT2D eigenvalue weighted by molar-refractivity contribution is 0.309. The summed E-state index contributed by atoms with van der Waals surface area (Å²) >= 11 is 0. The molecule has 0 aliphatic rings. The van der Waals surface area contributed by atoms with E-state index in [-0.39, 0.29) is 0 Å². The molecule has 0 aliphatic heterocycles. The largest absolute Gasteiger partial charge is 0.494 e. The van der Waals surface area contributed by atoms with Gasteiger partial charge >= 0.3 is 0 Å². The maximum absolute atomic E-state index is 5.69. The molecular weight excluding hydrogens is 348 g/mol. The fourth-order valence-corrected chi connectivity index (χ4v) is 2.45. The SMILES string of the molecule is CCCCOc1ccc(N=C(C)C(C)=Nc2ccc(OCCCC)cc2)cc1. The molecule has 2 aromatic rings. The number of nitrogens with zero attached hydrogens (tertiary/aromatic N) is 2. The van der Waals surface area contributed by atoms with Crippen LogP contribution in [-0.4, -0.2) is 24.6 Å². The highest BCUT2D eigenvalue weighted by molar-refractivity contribution is 6.41. The number of hydrogen-bond donors (Lipinski definition) is 0. The summed E-state index contributed by atoms with van der Waals surface area (Å²) in [6, 6.07) is 15.7. The monoisotopic (exact) mass is 380 g/mol. The Morgan fingerprint density at radius 2 is 1.00 bits per heavy atom. The molecule has 0 heterocycles. The summed E-state index contributed by atoms with van der Waals surface area (Å²) in [6.07, 6.45) is 4.41. The summed E-state index contributed by atoms with van der Waals surface area (Å²) in [4.78, 5) is 9.33. The second-order valence-corrected chi connectivity index (χ2v) is 6.79. The Labute approximate surface area is 169 Å². The van der Waals surface area contributed by atoms with E-state index in [0.29, 0.717) is 0 Å². The molecule has 0 radical (unpaired) electrons. The summed E-state index contributed by atoms with van der Waals surface area (Å²) in [5, 5.41) is 0. The van der Waals surface area contributed by atoms with Crippen molar-refractivity contribution in [2.24, 2.45) is 9.98 Å². The standard InChI is InChI=1S/C24H32N2O2/c1-5-7-17-27-23-13-9-21(10-14-23)25-19(3)20(4)26-22-11-15-24(16-12-22)28-18-8-6-2/h9-16H,5-8,17-18H2,1-4H3. The van der Waals surface area contributed by atoms with E-state index in [1.807, 2.05) is 62.4 Å². The molecule has 0 saturated heterocycles. The highest BCUT2D eigenvalue weighted by Crippen LogP contribution is 2.21. The van der Waals surface area contributed by atoms with Gasteiger partial charge in [-0.1, -0.05) is 26.7 Å². The minimum atomic E-state index is 0.756. The third-order valence-electron chi connectivity index (χ3n) is 4.32. The van der Waals surface area contributed by atoms with Crippen molar-refractivity contribution in [3.05, 3.63) is 48.5 Å². The minimum absolute atomic E-state index is 0.756. The lowest BCUT2D eigenvalue weighted by Gasteiger charge is -2.06. The van der Waals surface area contributed by atoms with Crippen LogP contribution in [0.25, 0.3) is 0 Å². The summed E-state index contributed by atoms with van der Waals surface area (Å²) < 4.78 is 11.4. The molecule has 0 N–H and O–H groups in total. The van der Waals surface area contributed by atoms with Gasteiger partial charge in [-0.15, -0.1) is 0 Å². The van der Waals surface area contributed by atoms with E-state index in [9.17, 15) is 0 Å². The topological polar surface area (TPSA) is 43.2 Å². The van der Waals surface area contributed by atoms with Crippen LogP contribution in [0.5, 0.6) is 11.5 Å². The predicted octanol–water partition coefficient (Wildman–Crippen LogP) is 6.93. The van der Waals surface area contributed by atoms with E-state index in [4.69, 9.17) is 9.47 Å². The lowest BCUT2D eigenvalue weighted by atomic mass is 10.2. The molecule has 0 amide bonds.